The Bertz CT molecular complexity index is 1160. The predicted octanol–water partition coefficient (Wildman–Crippen LogP) is 0.811. The maximum absolute atomic E-state index is 12.5. The van der Waals surface area contributed by atoms with Gasteiger partial charge in [0.2, 0.25) is 5.95 Å². The second kappa shape index (κ2) is 5.93. The minimum Gasteiger partial charge on any atom is -0.368 e. The van der Waals surface area contributed by atoms with E-state index in [9.17, 15) is 16.8 Å². The van der Waals surface area contributed by atoms with Crippen LogP contribution in [0.5, 0.6) is 0 Å². The highest BCUT2D eigenvalue weighted by Gasteiger charge is 2.20. The second-order valence-corrected chi connectivity index (χ2v) is 8.83. The van der Waals surface area contributed by atoms with E-state index in [1.165, 1.54) is 18.3 Å². The molecule has 0 saturated carbocycles. The number of nitrogens with two attached hydrogens (primary N) is 1. The molecule has 0 radical (unpaired) electrons. The maximum atomic E-state index is 12.5. The first-order valence-electron chi connectivity index (χ1n) is 6.86. The Balaban J connectivity index is 2.13. The zero-order valence-corrected chi connectivity index (χ0v) is 14.5. The smallest absolute Gasteiger partial charge is 0.265 e. The van der Waals surface area contributed by atoms with Crippen molar-refractivity contribution in [3.8, 4) is 0 Å². The zero-order chi connectivity index (χ0) is 18.2. The number of aromatic nitrogens is 3. The topological polar surface area (TPSA) is 145 Å². The van der Waals surface area contributed by atoms with E-state index in [1.54, 1.807) is 12.1 Å². The molecule has 3 N–H and O–H groups in total. The van der Waals surface area contributed by atoms with Crippen molar-refractivity contribution in [1.29, 1.82) is 0 Å². The average molecular weight is 379 g/mol. The Morgan fingerprint density at radius 1 is 1.00 bits per heavy atom. The van der Waals surface area contributed by atoms with Crippen molar-refractivity contribution in [2.45, 2.75) is 9.79 Å². The van der Waals surface area contributed by atoms with E-state index in [4.69, 9.17) is 5.73 Å². The Labute approximate surface area is 143 Å². The Kier molecular flexibility index (Phi) is 4.05. The fraction of sp³-hybridized carbons (Fsp3) is 0.0714. The van der Waals surface area contributed by atoms with Crippen LogP contribution in [0.25, 0.3) is 10.9 Å². The Morgan fingerprint density at radius 2 is 1.68 bits per heavy atom. The number of pyridine rings is 1. The molecule has 0 spiro atoms. The fourth-order valence-corrected chi connectivity index (χ4v) is 4.06. The van der Waals surface area contributed by atoms with Gasteiger partial charge in [0.25, 0.3) is 10.0 Å². The second-order valence-electron chi connectivity index (χ2n) is 5.17. The molecule has 1 aromatic carbocycles. The molecule has 0 saturated heterocycles. The Hall–Kier alpha value is -2.79. The molecule has 0 unspecified atom stereocenters. The molecule has 0 aliphatic rings. The van der Waals surface area contributed by atoms with Crippen molar-refractivity contribution in [2.24, 2.45) is 0 Å². The number of rotatable bonds is 4. The first-order chi connectivity index (χ1) is 11.7. The summed E-state index contributed by atoms with van der Waals surface area (Å²) in [4.78, 5) is 11.3. The van der Waals surface area contributed by atoms with E-state index < -0.39 is 19.9 Å². The lowest BCUT2D eigenvalue weighted by molar-refractivity contribution is 0.599. The molecule has 3 aromatic rings. The molecule has 2 aromatic heterocycles. The van der Waals surface area contributed by atoms with Gasteiger partial charge in [-0.2, -0.15) is 0 Å². The van der Waals surface area contributed by atoms with E-state index in [-0.39, 0.29) is 26.9 Å². The average Bonchev–Trinajstić information content (AvgIpc) is 2.54. The lowest BCUT2D eigenvalue weighted by Crippen LogP contribution is -2.15. The molecule has 11 heteroatoms. The van der Waals surface area contributed by atoms with Crippen LogP contribution in [-0.4, -0.2) is 38.0 Å². The molecule has 0 atom stereocenters. The molecule has 0 amide bonds. The summed E-state index contributed by atoms with van der Waals surface area (Å²) in [7, 11) is -7.49. The summed E-state index contributed by atoms with van der Waals surface area (Å²) in [6.45, 7) is 0. The largest absolute Gasteiger partial charge is 0.368 e. The third-order valence-corrected chi connectivity index (χ3v) is 5.81. The molecule has 3 rings (SSSR count). The molecular weight excluding hydrogens is 366 g/mol. The van der Waals surface area contributed by atoms with Crippen LogP contribution in [0.15, 0.2) is 52.6 Å². The van der Waals surface area contributed by atoms with Gasteiger partial charge in [0, 0.05) is 17.8 Å². The van der Waals surface area contributed by atoms with Gasteiger partial charge in [-0.25, -0.2) is 26.8 Å². The SMILES string of the molecule is CS(=O)(=O)c1ccc(NS(=O)(=O)c2cnc(N)nc2)c2ncccc12. The van der Waals surface area contributed by atoms with E-state index in [1.807, 2.05) is 0 Å². The van der Waals surface area contributed by atoms with Gasteiger partial charge in [-0.3, -0.25) is 9.71 Å². The summed E-state index contributed by atoms with van der Waals surface area (Å²) in [6.07, 6.45) is 4.67. The van der Waals surface area contributed by atoms with Crippen molar-refractivity contribution in [1.82, 2.24) is 15.0 Å². The van der Waals surface area contributed by atoms with Crippen LogP contribution in [0, 0.1) is 0 Å². The number of sulfonamides is 1. The summed E-state index contributed by atoms with van der Waals surface area (Å²) in [5, 5.41) is 0.318. The van der Waals surface area contributed by atoms with Crippen LogP contribution in [0.2, 0.25) is 0 Å². The van der Waals surface area contributed by atoms with Crippen LogP contribution in [0.3, 0.4) is 0 Å². The number of sulfone groups is 1. The number of nitrogens with one attached hydrogen (secondary N) is 1. The predicted molar refractivity (Wildman–Crippen MR) is 92.1 cm³/mol. The van der Waals surface area contributed by atoms with E-state index in [0.29, 0.717) is 5.39 Å². The normalized spacial score (nSPS) is 12.2. The van der Waals surface area contributed by atoms with Crippen LogP contribution in [0.4, 0.5) is 11.6 Å². The summed E-state index contributed by atoms with van der Waals surface area (Å²) >= 11 is 0. The van der Waals surface area contributed by atoms with Crippen molar-refractivity contribution in [3.63, 3.8) is 0 Å². The first-order valence-corrected chi connectivity index (χ1v) is 10.2. The van der Waals surface area contributed by atoms with Crippen molar-refractivity contribution >= 4 is 42.4 Å². The van der Waals surface area contributed by atoms with Gasteiger partial charge in [-0.15, -0.1) is 0 Å². The van der Waals surface area contributed by atoms with Crippen LogP contribution in [0.1, 0.15) is 0 Å². The number of nitrogens with zero attached hydrogens (tertiary/aromatic N) is 3. The molecule has 2 heterocycles. The molecular formula is C14H13N5O4S2. The van der Waals surface area contributed by atoms with Gasteiger partial charge >= 0.3 is 0 Å². The molecule has 25 heavy (non-hydrogen) atoms. The number of anilines is 2. The highest BCUT2D eigenvalue weighted by molar-refractivity contribution is 7.92. The zero-order valence-electron chi connectivity index (χ0n) is 12.9. The van der Waals surface area contributed by atoms with Crippen molar-refractivity contribution in [2.75, 3.05) is 16.7 Å². The summed E-state index contributed by atoms with van der Waals surface area (Å²) in [5.74, 6) is -0.0522. The monoisotopic (exact) mass is 379 g/mol. The summed E-state index contributed by atoms with van der Waals surface area (Å²) in [6, 6.07) is 5.81. The maximum Gasteiger partial charge on any atom is 0.265 e. The highest BCUT2D eigenvalue weighted by atomic mass is 32.2. The van der Waals surface area contributed by atoms with Crippen LogP contribution in [-0.2, 0) is 19.9 Å². The number of benzene rings is 1. The summed E-state index contributed by atoms with van der Waals surface area (Å²) < 4.78 is 51.1. The van der Waals surface area contributed by atoms with Gasteiger partial charge in [0.15, 0.2) is 9.84 Å². The minimum absolute atomic E-state index is 0.0522. The minimum atomic E-state index is -3.99. The standard InChI is InChI=1S/C14H13N5O4S2/c1-24(20,21)12-5-4-11(13-10(12)3-2-6-16-13)19-25(22,23)9-7-17-14(15)18-8-9/h2-8,19H,1H3,(H2,15,17,18). The number of hydrogen-bond donors (Lipinski definition) is 2. The third-order valence-electron chi connectivity index (χ3n) is 3.33. The fourth-order valence-electron chi connectivity index (χ4n) is 2.22. The van der Waals surface area contributed by atoms with Crippen LogP contribution >= 0.6 is 0 Å². The number of fused-ring (bicyclic) bond motifs is 1. The number of nitrogen functional groups attached to an aromatic ring is 1. The molecule has 0 fully saturated rings. The first kappa shape index (κ1) is 17.0. The molecule has 0 bridgehead atoms. The Morgan fingerprint density at radius 3 is 2.32 bits per heavy atom. The van der Waals surface area contributed by atoms with E-state index >= 15 is 0 Å². The van der Waals surface area contributed by atoms with Crippen molar-refractivity contribution < 1.29 is 16.8 Å². The molecule has 9 nitrogen and oxygen atoms in total. The third kappa shape index (κ3) is 3.37. The van der Waals surface area contributed by atoms with Crippen LogP contribution < -0.4 is 10.5 Å². The van der Waals surface area contributed by atoms with Crippen molar-refractivity contribution in [3.05, 3.63) is 42.9 Å². The van der Waals surface area contributed by atoms with Gasteiger partial charge < -0.3 is 5.73 Å². The lowest BCUT2D eigenvalue weighted by atomic mass is 10.2. The van der Waals surface area contributed by atoms with Gasteiger partial charge in [-0.1, -0.05) is 0 Å². The lowest BCUT2D eigenvalue weighted by Gasteiger charge is -2.12. The number of hydrogen-bond acceptors (Lipinski definition) is 8. The highest BCUT2D eigenvalue weighted by Crippen LogP contribution is 2.29. The van der Waals surface area contributed by atoms with Gasteiger partial charge in [-0.05, 0) is 24.3 Å². The van der Waals surface area contributed by atoms with Gasteiger partial charge in [0.05, 0.1) is 28.5 Å². The molecule has 130 valence electrons. The quantitative estimate of drug-likeness (QED) is 0.677. The molecule has 0 aliphatic carbocycles. The van der Waals surface area contributed by atoms with Gasteiger partial charge in [0.1, 0.15) is 4.90 Å². The summed E-state index contributed by atoms with van der Waals surface area (Å²) in [5.41, 5.74) is 5.70. The molecule has 0 aliphatic heterocycles. The van der Waals surface area contributed by atoms with E-state index in [2.05, 4.69) is 19.7 Å². The van der Waals surface area contributed by atoms with E-state index in [0.717, 1.165) is 18.6 Å².